The molecule has 0 aromatic carbocycles. The molecule has 4 heteroatoms. The van der Waals surface area contributed by atoms with Gasteiger partial charge < -0.3 is 4.74 Å². The topological polar surface area (TPSA) is 27.1 Å². The van der Waals surface area contributed by atoms with Gasteiger partial charge in [-0.25, -0.2) is 0 Å². The van der Waals surface area contributed by atoms with Crippen LogP contribution in [0.25, 0.3) is 0 Å². The summed E-state index contributed by atoms with van der Waals surface area (Å²) in [6, 6.07) is 0.619. The molecule has 3 nitrogen and oxygen atoms in total. The van der Waals surface area contributed by atoms with E-state index in [9.17, 15) is 0 Å². The van der Waals surface area contributed by atoms with E-state index in [1.165, 1.54) is 44.3 Å². The van der Waals surface area contributed by atoms with Gasteiger partial charge in [0, 0.05) is 0 Å². The van der Waals surface area contributed by atoms with Crippen LogP contribution in [0.4, 0.5) is 0 Å². The number of nitrogens with zero attached hydrogens (tertiary/aromatic N) is 2. The van der Waals surface area contributed by atoms with Crippen molar-refractivity contribution in [1.82, 2.24) is 9.78 Å². The van der Waals surface area contributed by atoms with Gasteiger partial charge in [0.1, 0.15) is 5.44 Å². The number of ether oxygens (including phenoxy) is 1. The second-order valence-corrected chi connectivity index (χ2v) is 5.92. The van der Waals surface area contributed by atoms with Gasteiger partial charge in [-0.2, -0.15) is 5.10 Å². The van der Waals surface area contributed by atoms with E-state index in [1.54, 1.807) is 0 Å². The molecular formula is C12H18N2OS. The monoisotopic (exact) mass is 238 g/mol. The summed E-state index contributed by atoms with van der Waals surface area (Å²) < 4.78 is 7.99. The number of hydrogen-bond acceptors (Lipinski definition) is 3. The van der Waals surface area contributed by atoms with Crippen molar-refractivity contribution in [2.45, 2.75) is 50.0 Å². The van der Waals surface area contributed by atoms with Crippen LogP contribution in [0.2, 0.25) is 0 Å². The van der Waals surface area contributed by atoms with Crippen LogP contribution >= 0.6 is 11.8 Å². The maximum Gasteiger partial charge on any atom is 0.158 e. The van der Waals surface area contributed by atoms with Gasteiger partial charge in [-0.1, -0.05) is 12.8 Å². The Labute approximate surface area is 101 Å². The van der Waals surface area contributed by atoms with E-state index in [2.05, 4.69) is 16.0 Å². The molecule has 0 radical (unpaired) electrons. The smallest absolute Gasteiger partial charge is 0.158 e. The van der Waals surface area contributed by atoms with Crippen molar-refractivity contribution >= 4 is 11.8 Å². The molecule has 1 aliphatic carbocycles. The quantitative estimate of drug-likeness (QED) is 0.809. The Morgan fingerprint density at radius 2 is 2.12 bits per heavy atom. The fourth-order valence-corrected chi connectivity index (χ4v) is 3.65. The van der Waals surface area contributed by atoms with Crippen LogP contribution in [0.1, 0.15) is 44.6 Å². The number of hydrogen-bond donors (Lipinski definition) is 0. The summed E-state index contributed by atoms with van der Waals surface area (Å²) in [6.07, 6.45) is 11.7. The second kappa shape index (κ2) is 4.70. The first kappa shape index (κ1) is 10.5. The van der Waals surface area contributed by atoms with E-state index >= 15 is 0 Å². The molecule has 2 heterocycles. The molecule has 1 saturated carbocycles. The summed E-state index contributed by atoms with van der Waals surface area (Å²) in [5, 5.41) is 4.42. The average molecular weight is 238 g/mol. The zero-order chi connectivity index (χ0) is 10.8. The molecule has 0 N–H and O–H groups in total. The van der Waals surface area contributed by atoms with Crippen LogP contribution in [-0.2, 0) is 0 Å². The van der Waals surface area contributed by atoms with Gasteiger partial charge in [0.25, 0.3) is 0 Å². The van der Waals surface area contributed by atoms with E-state index in [0.29, 0.717) is 11.5 Å². The van der Waals surface area contributed by atoms with Crippen LogP contribution in [0.3, 0.4) is 0 Å². The summed E-state index contributed by atoms with van der Waals surface area (Å²) in [6.45, 7) is 0. The first-order chi connectivity index (χ1) is 7.92. The van der Waals surface area contributed by atoms with Gasteiger partial charge in [0.05, 0.1) is 18.4 Å². The lowest BCUT2D eigenvalue weighted by Gasteiger charge is -2.10. The molecule has 1 saturated heterocycles. The molecule has 0 amide bonds. The molecule has 16 heavy (non-hydrogen) atoms. The number of aromatic nitrogens is 2. The third kappa shape index (κ3) is 2.21. The largest absolute Gasteiger partial charge is 0.477 e. The fourth-order valence-electron chi connectivity index (χ4n) is 2.54. The van der Waals surface area contributed by atoms with Crippen molar-refractivity contribution in [3.63, 3.8) is 0 Å². The molecule has 1 aromatic rings. The first-order valence-corrected chi connectivity index (χ1v) is 7.29. The third-order valence-corrected chi connectivity index (χ3v) is 4.66. The lowest BCUT2D eigenvalue weighted by molar-refractivity contribution is 0.283. The van der Waals surface area contributed by atoms with Crippen molar-refractivity contribution in [1.29, 1.82) is 0 Å². The lowest BCUT2D eigenvalue weighted by Crippen LogP contribution is -2.07. The van der Waals surface area contributed by atoms with Crippen LogP contribution in [-0.4, -0.2) is 21.0 Å². The van der Waals surface area contributed by atoms with Crippen molar-refractivity contribution in [2.24, 2.45) is 0 Å². The summed E-state index contributed by atoms with van der Waals surface area (Å²) in [7, 11) is 0. The molecule has 1 unspecified atom stereocenters. The molecule has 1 atom stereocenters. The predicted molar refractivity (Wildman–Crippen MR) is 65.8 cm³/mol. The Morgan fingerprint density at radius 3 is 2.88 bits per heavy atom. The molecule has 1 aliphatic heterocycles. The summed E-state index contributed by atoms with van der Waals surface area (Å²) in [4.78, 5) is 0. The fraction of sp³-hybridized carbons (Fsp3) is 0.750. The van der Waals surface area contributed by atoms with Crippen molar-refractivity contribution in [3.8, 4) is 5.75 Å². The lowest BCUT2D eigenvalue weighted by atomic mass is 10.3. The van der Waals surface area contributed by atoms with Gasteiger partial charge in [-0.15, -0.1) is 11.8 Å². The minimum Gasteiger partial charge on any atom is -0.477 e. The molecule has 88 valence electrons. The summed E-state index contributed by atoms with van der Waals surface area (Å²) in [5.41, 5.74) is 0.362. The normalized spacial score (nSPS) is 26.4. The number of rotatable bonds is 3. The van der Waals surface area contributed by atoms with Crippen LogP contribution in [0.5, 0.6) is 5.75 Å². The third-order valence-electron chi connectivity index (χ3n) is 3.43. The highest BCUT2D eigenvalue weighted by molar-refractivity contribution is 8.00. The minimum absolute atomic E-state index is 0.362. The van der Waals surface area contributed by atoms with Gasteiger partial charge >= 0.3 is 0 Å². The van der Waals surface area contributed by atoms with E-state index in [-0.39, 0.29) is 0 Å². The Bertz CT molecular complexity index is 341. The van der Waals surface area contributed by atoms with Gasteiger partial charge in [0.2, 0.25) is 0 Å². The Balaban J connectivity index is 1.62. The Kier molecular flexibility index (Phi) is 3.09. The summed E-state index contributed by atoms with van der Waals surface area (Å²) >= 11 is 1.92. The molecule has 0 spiro atoms. The highest BCUT2D eigenvalue weighted by atomic mass is 32.2. The SMILES string of the molecule is c1nn(C2CCCC2)cc1OC1CCCS1. The highest BCUT2D eigenvalue weighted by Gasteiger charge is 2.20. The predicted octanol–water partition coefficient (Wildman–Crippen LogP) is 3.23. The Morgan fingerprint density at radius 1 is 1.25 bits per heavy atom. The summed E-state index contributed by atoms with van der Waals surface area (Å²) in [5.74, 6) is 2.19. The molecule has 2 fully saturated rings. The van der Waals surface area contributed by atoms with Crippen molar-refractivity contribution in [3.05, 3.63) is 12.4 Å². The first-order valence-electron chi connectivity index (χ1n) is 6.24. The van der Waals surface area contributed by atoms with Gasteiger partial charge in [0.15, 0.2) is 5.75 Å². The molecule has 1 aromatic heterocycles. The van der Waals surface area contributed by atoms with E-state index in [4.69, 9.17) is 4.74 Å². The highest BCUT2D eigenvalue weighted by Crippen LogP contribution is 2.32. The van der Waals surface area contributed by atoms with Crippen molar-refractivity contribution < 1.29 is 4.74 Å². The maximum absolute atomic E-state index is 5.90. The van der Waals surface area contributed by atoms with Crippen LogP contribution < -0.4 is 4.74 Å². The van der Waals surface area contributed by atoms with E-state index in [0.717, 1.165) is 5.75 Å². The number of thioether (sulfide) groups is 1. The molecular weight excluding hydrogens is 220 g/mol. The Hall–Kier alpha value is -0.640. The van der Waals surface area contributed by atoms with Gasteiger partial charge in [-0.3, -0.25) is 4.68 Å². The van der Waals surface area contributed by atoms with Crippen molar-refractivity contribution in [2.75, 3.05) is 5.75 Å². The maximum atomic E-state index is 5.90. The zero-order valence-electron chi connectivity index (χ0n) is 9.47. The molecule has 2 aliphatic rings. The van der Waals surface area contributed by atoms with Gasteiger partial charge in [-0.05, 0) is 31.4 Å². The standard InChI is InChI=1S/C12H18N2OS/c1-2-5-10(4-1)14-9-11(8-13-14)15-12-6-3-7-16-12/h8-10,12H,1-7H2. The van der Waals surface area contributed by atoms with E-state index in [1.807, 2.05) is 18.0 Å². The molecule has 0 bridgehead atoms. The van der Waals surface area contributed by atoms with Crippen LogP contribution in [0.15, 0.2) is 12.4 Å². The average Bonchev–Trinajstić information content (AvgIpc) is 2.99. The molecule has 3 rings (SSSR count). The van der Waals surface area contributed by atoms with E-state index < -0.39 is 0 Å². The van der Waals surface area contributed by atoms with Crippen LogP contribution in [0, 0.1) is 0 Å². The minimum atomic E-state index is 0.362. The zero-order valence-corrected chi connectivity index (χ0v) is 10.3. The second-order valence-electron chi connectivity index (χ2n) is 4.65.